The fourth-order valence-electron chi connectivity index (χ4n) is 3.04. The Morgan fingerprint density at radius 1 is 1.16 bits per heavy atom. The largest absolute Gasteiger partial charge is 0.349 e. The maximum Gasteiger partial charge on any atom is 0.276 e. The molecule has 0 bridgehead atoms. The van der Waals surface area contributed by atoms with Crippen molar-refractivity contribution in [3.05, 3.63) is 76.6 Å². The molecule has 3 rings (SSSR count). The van der Waals surface area contributed by atoms with Crippen molar-refractivity contribution < 1.29 is 9.59 Å². The summed E-state index contributed by atoms with van der Waals surface area (Å²) in [6.45, 7) is 8.16. The van der Waals surface area contributed by atoms with Crippen LogP contribution in [0.3, 0.4) is 0 Å². The van der Waals surface area contributed by atoms with Crippen LogP contribution in [0.5, 0.6) is 0 Å². The van der Waals surface area contributed by atoms with Gasteiger partial charge in [0, 0.05) is 23.7 Å². The van der Waals surface area contributed by atoms with Gasteiger partial charge in [0.1, 0.15) is 0 Å². The zero-order chi connectivity index (χ0) is 22.4. The lowest BCUT2D eigenvalue weighted by molar-refractivity contribution is -0.128. The zero-order valence-electron chi connectivity index (χ0n) is 18.2. The van der Waals surface area contributed by atoms with Crippen LogP contribution in [0.4, 0.5) is 0 Å². The molecule has 1 atom stereocenters. The van der Waals surface area contributed by atoms with E-state index < -0.39 is 11.6 Å². The molecule has 2 heterocycles. The average Bonchev–Trinajstić information content (AvgIpc) is 3.29. The van der Waals surface area contributed by atoms with E-state index in [0.717, 1.165) is 29.1 Å². The molecule has 31 heavy (non-hydrogen) atoms. The molecular formula is C23H27N5O2S. The molecule has 8 heteroatoms. The molecule has 162 valence electrons. The van der Waals surface area contributed by atoms with Gasteiger partial charge in [-0.05, 0) is 56.4 Å². The maximum absolute atomic E-state index is 13.5. The number of aromatic nitrogens is 3. The quantitative estimate of drug-likeness (QED) is 0.577. The SMILES string of the molecule is CCC(C)(C)NC(=O)C(c1ccccn1)N(Cc1ccc(C)cc1)C(=O)c1csnn1. The number of pyridine rings is 1. The highest BCUT2D eigenvalue weighted by Crippen LogP contribution is 2.25. The number of hydrogen-bond acceptors (Lipinski definition) is 6. The fourth-order valence-corrected chi connectivity index (χ4v) is 3.47. The molecule has 0 spiro atoms. The number of amides is 2. The Morgan fingerprint density at radius 3 is 2.48 bits per heavy atom. The molecule has 0 fully saturated rings. The number of rotatable bonds is 8. The molecule has 2 amide bonds. The summed E-state index contributed by atoms with van der Waals surface area (Å²) in [4.78, 5) is 32.9. The predicted molar refractivity (Wildman–Crippen MR) is 120 cm³/mol. The minimum Gasteiger partial charge on any atom is -0.349 e. The van der Waals surface area contributed by atoms with Gasteiger partial charge in [0.05, 0.1) is 5.69 Å². The van der Waals surface area contributed by atoms with Gasteiger partial charge in [0.2, 0.25) is 5.91 Å². The zero-order valence-corrected chi connectivity index (χ0v) is 19.0. The summed E-state index contributed by atoms with van der Waals surface area (Å²) in [5, 5.41) is 8.61. The van der Waals surface area contributed by atoms with Gasteiger partial charge in [-0.2, -0.15) is 0 Å². The van der Waals surface area contributed by atoms with Gasteiger partial charge in [-0.1, -0.05) is 47.3 Å². The third kappa shape index (κ3) is 5.73. The second-order valence-electron chi connectivity index (χ2n) is 8.09. The van der Waals surface area contributed by atoms with E-state index in [0.29, 0.717) is 5.69 Å². The number of benzene rings is 1. The molecule has 0 saturated carbocycles. The lowest BCUT2D eigenvalue weighted by Gasteiger charge is -2.33. The maximum atomic E-state index is 13.5. The Bertz CT molecular complexity index is 1000. The predicted octanol–water partition coefficient (Wildman–Crippen LogP) is 3.93. The highest BCUT2D eigenvalue weighted by atomic mass is 32.1. The molecule has 0 aliphatic rings. The molecule has 2 aromatic heterocycles. The smallest absolute Gasteiger partial charge is 0.276 e. The Balaban J connectivity index is 2.05. The minimum atomic E-state index is -0.914. The van der Waals surface area contributed by atoms with Crippen molar-refractivity contribution in [3.63, 3.8) is 0 Å². The van der Waals surface area contributed by atoms with E-state index in [1.165, 1.54) is 4.90 Å². The Morgan fingerprint density at radius 2 is 1.90 bits per heavy atom. The third-order valence-electron chi connectivity index (χ3n) is 5.19. The lowest BCUT2D eigenvalue weighted by atomic mass is 10.00. The summed E-state index contributed by atoms with van der Waals surface area (Å²) in [5.74, 6) is -0.649. The van der Waals surface area contributed by atoms with E-state index in [1.807, 2.05) is 58.0 Å². The van der Waals surface area contributed by atoms with Crippen molar-refractivity contribution in [2.24, 2.45) is 0 Å². The average molecular weight is 438 g/mol. The molecule has 1 N–H and O–H groups in total. The number of carbonyl (C=O) groups excluding carboxylic acids is 2. The van der Waals surface area contributed by atoms with Crippen LogP contribution in [0.1, 0.15) is 60.5 Å². The van der Waals surface area contributed by atoms with Gasteiger partial charge in [-0.3, -0.25) is 14.6 Å². The minimum absolute atomic E-state index is 0.209. The van der Waals surface area contributed by atoms with Crippen molar-refractivity contribution in [1.29, 1.82) is 0 Å². The first kappa shape index (κ1) is 22.6. The number of hydrogen-bond donors (Lipinski definition) is 1. The van der Waals surface area contributed by atoms with E-state index in [4.69, 9.17) is 0 Å². The molecular weight excluding hydrogens is 410 g/mol. The van der Waals surface area contributed by atoms with Crippen molar-refractivity contribution in [2.75, 3.05) is 0 Å². The fraction of sp³-hybridized carbons (Fsp3) is 0.348. The first-order valence-electron chi connectivity index (χ1n) is 10.2. The van der Waals surface area contributed by atoms with Crippen LogP contribution < -0.4 is 5.32 Å². The van der Waals surface area contributed by atoms with Crippen molar-refractivity contribution in [2.45, 2.75) is 52.2 Å². The summed E-state index contributed by atoms with van der Waals surface area (Å²) in [5.41, 5.74) is 2.31. The van der Waals surface area contributed by atoms with Crippen molar-refractivity contribution in [3.8, 4) is 0 Å². The molecule has 0 saturated heterocycles. The van der Waals surface area contributed by atoms with Crippen molar-refractivity contribution >= 4 is 23.3 Å². The number of nitrogens with zero attached hydrogens (tertiary/aromatic N) is 4. The van der Waals surface area contributed by atoms with Crippen LogP contribution in [0.25, 0.3) is 0 Å². The summed E-state index contributed by atoms with van der Waals surface area (Å²) in [7, 11) is 0. The van der Waals surface area contributed by atoms with Gasteiger partial charge in [0.25, 0.3) is 5.91 Å². The molecule has 3 aromatic rings. The van der Waals surface area contributed by atoms with Crippen LogP contribution in [-0.2, 0) is 11.3 Å². The van der Waals surface area contributed by atoms with E-state index in [-0.39, 0.29) is 24.1 Å². The van der Waals surface area contributed by atoms with Crippen LogP contribution in [0, 0.1) is 6.92 Å². The molecule has 7 nitrogen and oxygen atoms in total. The third-order valence-corrected chi connectivity index (χ3v) is 5.69. The van der Waals surface area contributed by atoms with Crippen LogP contribution >= 0.6 is 11.5 Å². The summed E-state index contributed by atoms with van der Waals surface area (Å²) in [6, 6.07) is 12.3. The highest BCUT2D eigenvalue weighted by Gasteiger charge is 2.36. The van der Waals surface area contributed by atoms with Crippen LogP contribution in [0.2, 0.25) is 0 Å². The van der Waals surface area contributed by atoms with E-state index in [9.17, 15) is 9.59 Å². The monoisotopic (exact) mass is 437 g/mol. The Kier molecular flexibility index (Phi) is 7.12. The summed E-state index contributed by atoms with van der Waals surface area (Å²) >= 11 is 1.10. The molecule has 1 unspecified atom stereocenters. The van der Waals surface area contributed by atoms with Crippen LogP contribution in [-0.4, -0.2) is 36.8 Å². The highest BCUT2D eigenvalue weighted by molar-refractivity contribution is 7.03. The van der Waals surface area contributed by atoms with Gasteiger partial charge in [-0.25, -0.2) is 0 Å². The molecule has 0 radical (unpaired) electrons. The van der Waals surface area contributed by atoms with Gasteiger partial charge in [-0.15, -0.1) is 5.10 Å². The second-order valence-corrected chi connectivity index (χ2v) is 8.70. The molecule has 0 aliphatic carbocycles. The number of carbonyl (C=O) groups is 2. The Hall–Kier alpha value is -3.13. The lowest BCUT2D eigenvalue weighted by Crippen LogP contribution is -2.50. The van der Waals surface area contributed by atoms with Gasteiger partial charge in [0.15, 0.2) is 11.7 Å². The summed E-state index contributed by atoms with van der Waals surface area (Å²) < 4.78 is 3.82. The van der Waals surface area contributed by atoms with Crippen LogP contribution in [0.15, 0.2) is 54.0 Å². The second kappa shape index (κ2) is 9.78. The molecule has 0 aliphatic heterocycles. The Labute approximate surface area is 186 Å². The standard InChI is InChI=1S/C23H27N5O2S/c1-5-23(3,4)25-21(29)20(18-8-6-7-13-24-18)28(22(30)19-15-31-27-26-19)14-17-11-9-16(2)10-12-17/h6-13,15,20H,5,14H2,1-4H3,(H,25,29). The van der Waals surface area contributed by atoms with Gasteiger partial charge >= 0.3 is 0 Å². The first-order chi connectivity index (χ1) is 14.8. The number of aryl methyl sites for hydroxylation is 1. The summed E-state index contributed by atoms with van der Waals surface area (Å²) in [6.07, 6.45) is 2.37. The van der Waals surface area contributed by atoms with E-state index in [2.05, 4.69) is 19.9 Å². The molecule has 1 aromatic carbocycles. The van der Waals surface area contributed by atoms with Gasteiger partial charge < -0.3 is 10.2 Å². The topological polar surface area (TPSA) is 88.1 Å². The first-order valence-corrected chi connectivity index (χ1v) is 11.0. The van der Waals surface area contributed by atoms with Crippen molar-refractivity contribution in [1.82, 2.24) is 24.8 Å². The van der Waals surface area contributed by atoms with E-state index in [1.54, 1.807) is 23.7 Å². The normalized spacial score (nSPS) is 12.3. The van der Waals surface area contributed by atoms with E-state index >= 15 is 0 Å². The number of nitrogens with one attached hydrogen (secondary N) is 1.